The molecular formula is C18H18N6O2. The smallest absolute Gasteiger partial charge is 0.269 e. The van der Waals surface area contributed by atoms with Crippen molar-refractivity contribution in [1.29, 1.82) is 0 Å². The first-order valence-electron chi connectivity index (χ1n) is 8.45. The zero-order valence-corrected chi connectivity index (χ0v) is 14.5. The maximum Gasteiger partial charge on any atom is 0.269 e. The van der Waals surface area contributed by atoms with E-state index in [4.69, 9.17) is 0 Å². The third-order valence-corrected chi connectivity index (χ3v) is 4.45. The predicted octanol–water partition coefficient (Wildman–Crippen LogP) is 3.14. The molecular weight excluding hydrogens is 332 g/mol. The first kappa shape index (κ1) is 16.2. The highest BCUT2D eigenvalue weighted by Gasteiger charge is 2.35. The molecule has 2 aromatic carbocycles. The maximum absolute atomic E-state index is 11.0. The molecule has 132 valence electrons. The standard InChI is InChI=1S/C18H18N6O2/c1-12(2)11-22-15-5-3-4-6-16(15)23-18(19-20-21-23)17(22)13-7-9-14(10-8-13)24(25)26/h3-10,12,17H,11H2,1-2H3. The van der Waals surface area contributed by atoms with Gasteiger partial charge in [-0.25, -0.2) is 0 Å². The predicted molar refractivity (Wildman–Crippen MR) is 96.3 cm³/mol. The summed E-state index contributed by atoms with van der Waals surface area (Å²) in [5.41, 5.74) is 2.97. The number of para-hydroxylation sites is 2. The van der Waals surface area contributed by atoms with Crippen molar-refractivity contribution in [2.24, 2.45) is 5.92 Å². The molecule has 0 saturated carbocycles. The highest BCUT2D eigenvalue weighted by atomic mass is 16.6. The number of nitrogens with zero attached hydrogens (tertiary/aromatic N) is 6. The third-order valence-electron chi connectivity index (χ3n) is 4.45. The Morgan fingerprint density at radius 2 is 1.81 bits per heavy atom. The Balaban J connectivity index is 1.87. The molecule has 3 aromatic rings. The summed E-state index contributed by atoms with van der Waals surface area (Å²) in [5, 5.41) is 23.3. The highest BCUT2D eigenvalue weighted by molar-refractivity contribution is 5.67. The summed E-state index contributed by atoms with van der Waals surface area (Å²) in [5.74, 6) is 1.13. The molecule has 0 spiro atoms. The number of aromatic nitrogens is 4. The van der Waals surface area contributed by atoms with E-state index < -0.39 is 4.92 Å². The Labute approximate surface area is 150 Å². The van der Waals surface area contributed by atoms with Crippen LogP contribution in [0.3, 0.4) is 0 Å². The van der Waals surface area contributed by atoms with E-state index in [0.29, 0.717) is 11.7 Å². The average molecular weight is 350 g/mol. The molecule has 26 heavy (non-hydrogen) atoms. The van der Waals surface area contributed by atoms with Crippen LogP contribution in [-0.2, 0) is 0 Å². The van der Waals surface area contributed by atoms with E-state index in [9.17, 15) is 10.1 Å². The second-order valence-corrected chi connectivity index (χ2v) is 6.73. The largest absolute Gasteiger partial charge is 0.355 e. The SMILES string of the molecule is CC(C)CN1c2ccccc2-n2nnnc2C1c1ccc([N+](=O)[O-])cc1. The van der Waals surface area contributed by atoms with Crippen LogP contribution in [0.5, 0.6) is 0 Å². The van der Waals surface area contributed by atoms with E-state index in [-0.39, 0.29) is 11.7 Å². The van der Waals surface area contributed by atoms with Crippen molar-refractivity contribution < 1.29 is 4.92 Å². The molecule has 0 amide bonds. The van der Waals surface area contributed by atoms with Crippen LogP contribution in [0.4, 0.5) is 11.4 Å². The molecule has 8 heteroatoms. The fourth-order valence-electron chi connectivity index (χ4n) is 3.41. The first-order valence-corrected chi connectivity index (χ1v) is 8.45. The van der Waals surface area contributed by atoms with Gasteiger partial charge in [0, 0.05) is 18.7 Å². The van der Waals surface area contributed by atoms with Gasteiger partial charge in [-0.2, -0.15) is 4.68 Å². The second kappa shape index (κ2) is 6.21. The molecule has 1 unspecified atom stereocenters. The van der Waals surface area contributed by atoms with Gasteiger partial charge in [-0.1, -0.05) is 26.0 Å². The van der Waals surface area contributed by atoms with Crippen LogP contribution >= 0.6 is 0 Å². The molecule has 0 fully saturated rings. The van der Waals surface area contributed by atoms with Gasteiger partial charge in [0.15, 0.2) is 5.82 Å². The van der Waals surface area contributed by atoms with Crippen molar-refractivity contribution in [3.05, 3.63) is 70.0 Å². The number of hydrogen-bond donors (Lipinski definition) is 0. The lowest BCUT2D eigenvalue weighted by molar-refractivity contribution is -0.384. The molecule has 0 N–H and O–H groups in total. The third kappa shape index (κ3) is 2.59. The molecule has 4 rings (SSSR count). The van der Waals surface area contributed by atoms with Gasteiger partial charge in [0.1, 0.15) is 6.04 Å². The number of hydrogen-bond acceptors (Lipinski definition) is 6. The van der Waals surface area contributed by atoms with E-state index in [0.717, 1.165) is 23.5 Å². The van der Waals surface area contributed by atoms with Gasteiger partial charge in [-0.05, 0) is 46.2 Å². The van der Waals surface area contributed by atoms with Crippen molar-refractivity contribution >= 4 is 11.4 Å². The van der Waals surface area contributed by atoms with Crippen LogP contribution in [0.2, 0.25) is 0 Å². The zero-order chi connectivity index (χ0) is 18.3. The van der Waals surface area contributed by atoms with E-state index in [1.807, 2.05) is 18.2 Å². The Bertz CT molecular complexity index is 950. The lowest BCUT2D eigenvalue weighted by Gasteiger charge is -2.38. The number of benzene rings is 2. The van der Waals surface area contributed by atoms with Crippen molar-refractivity contribution in [2.75, 3.05) is 11.4 Å². The number of fused-ring (bicyclic) bond motifs is 3. The first-order chi connectivity index (χ1) is 12.6. The van der Waals surface area contributed by atoms with Crippen LogP contribution in [0.1, 0.15) is 31.3 Å². The molecule has 8 nitrogen and oxygen atoms in total. The van der Waals surface area contributed by atoms with E-state index in [2.05, 4.69) is 40.3 Å². The number of rotatable bonds is 4. The Kier molecular flexibility index (Phi) is 3.87. The number of nitro benzene ring substituents is 1. The average Bonchev–Trinajstić information content (AvgIpc) is 3.11. The molecule has 1 aliphatic heterocycles. The molecule has 0 bridgehead atoms. The summed E-state index contributed by atoms with van der Waals surface area (Å²) in [4.78, 5) is 12.9. The van der Waals surface area contributed by atoms with E-state index in [1.54, 1.807) is 16.8 Å². The number of anilines is 1. The molecule has 0 saturated heterocycles. The molecule has 2 heterocycles. The Hall–Kier alpha value is -3.29. The van der Waals surface area contributed by atoms with Gasteiger partial charge in [0.05, 0.1) is 16.3 Å². The minimum absolute atomic E-state index is 0.0694. The number of tetrazole rings is 1. The van der Waals surface area contributed by atoms with Crippen molar-refractivity contribution in [3.63, 3.8) is 0 Å². The number of nitro groups is 1. The van der Waals surface area contributed by atoms with Crippen LogP contribution in [-0.4, -0.2) is 31.7 Å². The van der Waals surface area contributed by atoms with E-state index in [1.165, 1.54) is 12.1 Å². The van der Waals surface area contributed by atoms with Gasteiger partial charge in [-0.15, -0.1) is 5.10 Å². The van der Waals surface area contributed by atoms with Crippen LogP contribution in [0, 0.1) is 16.0 Å². The van der Waals surface area contributed by atoms with Gasteiger partial charge >= 0.3 is 0 Å². The topological polar surface area (TPSA) is 90.0 Å². The number of non-ortho nitro benzene ring substituents is 1. The summed E-state index contributed by atoms with van der Waals surface area (Å²) in [7, 11) is 0. The Morgan fingerprint density at radius 1 is 1.12 bits per heavy atom. The second-order valence-electron chi connectivity index (χ2n) is 6.73. The van der Waals surface area contributed by atoms with Crippen molar-refractivity contribution in [3.8, 4) is 5.69 Å². The normalized spacial score (nSPS) is 15.7. The van der Waals surface area contributed by atoms with Gasteiger partial charge in [-0.3, -0.25) is 10.1 Å². The molecule has 1 aromatic heterocycles. The molecule has 1 aliphatic rings. The van der Waals surface area contributed by atoms with Gasteiger partial charge < -0.3 is 4.90 Å². The summed E-state index contributed by atoms with van der Waals surface area (Å²) < 4.78 is 1.75. The molecule has 0 aliphatic carbocycles. The highest BCUT2D eigenvalue weighted by Crippen LogP contribution is 2.40. The minimum Gasteiger partial charge on any atom is -0.355 e. The van der Waals surface area contributed by atoms with Gasteiger partial charge in [0.2, 0.25) is 0 Å². The maximum atomic E-state index is 11.0. The lowest BCUT2D eigenvalue weighted by atomic mass is 9.98. The quantitative estimate of drug-likeness (QED) is 0.530. The molecule has 1 atom stereocenters. The summed E-state index contributed by atoms with van der Waals surface area (Å²) in [6.07, 6.45) is 0. The Morgan fingerprint density at radius 3 is 2.46 bits per heavy atom. The van der Waals surface area contributed by atoms with E-state index >= 15 is 0 Å². The summed E-state index contributed by atoms with van der Waals surface area (Å²) in [6, 6.07) is 14.4. The molecule has 0 radical (unpaired) electrons. The van der Waals surface area contributed by atoms with Crippen LogP contribution in [0.25, 0.3) is 5.69 Å². The van der Waals surface area contributed by atoms with Crippen molar-refractivity contribution in [2.45, 2.75) is 19.9 Å². The minimum atomic E-state index is -0.393. The van der Waals surface area contributed by atoms with Crippen LogP contribution < -0.4 is 4.90 Å². The monoisotopic (exact) mass is 350 g/mol. The van der Waals surface area contributed by atoms with Crippen molar-refractivity contribution in [1.82, 2.24) is 20.2 Å². The fourth-order valence-corrected chi connectivity index (χ4v) is 3.41. The fraction of sp³-hybridized carbons (Fsp3) is 0.278. The lowest BCUT2D eigenvalue weighted by Crippen LogP contribution is -2.38. The van der Waals surface area contributed by atoms with Gasteiger partial charge in [0.25, 0.3) is 5.69 Å². The zero-order valence-electron chi connectivity index (χ0n) is 14.5. The summed E-state index contributed by atoms with van der Waals surface area (Å²) >= 11 is 0. The van der Waals surface area contributed by atoms with Crippen LogP contribution in [0.15, 0.2) is 48.5 Å². The summed E-state index contributed by atoms with van der Waals surface area (Å²) in [6.45, 7) is 5.13.